The first-order valence-electron chi connectivity index (χ1n) is 10.9. The van der Waals surface area contributed by atoms with E-state index in [9.17, 15) is 9.59 Å². The number of carbonyl (C=O) groups is 2. The van der Waals surface area contributed by atoms with Crippen LogP contribution in [0.3, 0.4) is 0 Å². The molecule has 1 saturated heterocycles. The molecule has 1 N–H and O–H groups in total. The van der Waals surface area contributed by atoms with Gasteiger partial charge in [0.05, 0.1) is 0 Å². The van der Waals surface area contributed by atoms with E-state index in [1.54, 1.807) is 4.90 Å². The Morgan fingerprint density at radius 3 is 2.03 bits per heavy atom. The highest BCUT2D eigenvalue weighted by molar-refractivity contribution is 5.92. The lowest BCUT2D eigenvalue weighted by Gasteiger charge is -2.33. The first kappa shape index (κ1) is 23.2. The van der Waals surface area contributed by atoms with Gasteiger partial charge < -0.3 is 15.0 Å². The van der Waals surface area contributed by atoms with Crippen LogP contribution in [-0.2, 0) is 9.53 Å². The summed E-state index contributed by atoms with van der Waals surface area (Å²) in [6.45, 7) is 15.5. The molecule has 1 aromatic carbocycles. The van der Waals surface area contributed by atoms with E-state index in [0.29, 0.717) is 37.3 Å². The highest BCUT2D eigenvalue weighted by Crippen LogP contribution is 2.33. The second kappa shape index (κ2) is 9.64. The molecular formula is C24H38N2O3. The molecule has 29 heavy (non-hydrogen) atoms. The summed E-state index contributed by atoms with van der Waals surface area (Å²) in [4.78, 5) is 26.8. The van der Waals surface area contributed by atoms with Gasteiger partial charge in [0.2, 0.25) is 5.91 Å². The second-order valence-electron chi connectivity index (χ2n) is 9.78. The molecular weight excluding hydrogens is 364 g/mol. The number of hydrogen-bond acceptors (Lipinski definition) is 3. The van der Waals surface area contributed by atoms with E-state index >= 15 is 0 Å². The van der Waals surface area contributed by atoms with Gasteiger partial charge in [0.1, 0.15) is 5.60 Å². The number of rotatable bonds is 5. The van der Waals surface area contributed by atoms with Crippen molar-refractivity contribution >= 4 is 17.7 Å². The smallest absolute Gasteiger partial charge is 0.410 e. The zero-order valence-electron chi connectivity index (χ0n) is 19.2. The van der Waals surface area contributed by atoms with E-state index in [1.165, 1.54) is 11.1 Å². The fourth-order valence-corrected chi connectivity index (χ4v) is 3.79. The number of nitrogens with zero attached hydrogens (tertiary/aromatic N) is 1. The van der Waals surface area contributed by atoms with Gasteiger partial charge in [-0.3, -0.25) is 4.79 Å². The molecule has 0 bridgehead atoms. The van der Waals surface area contributed by atoms with E-state index < -0.39 is 5.60 Å². The van der Waals surface area contributed by atoms with Gasteiger partial charge in [0.15, 0.2) is 0 Å². The van der Waals surface area contributed by atoms with Gasteiger partial charge >= 0.3 is 6.09 Å². The summed E-state index contributed by atoms with van der Waals surface area (Å²) in [6.07, 6.45) is 1.89. The van der Waals surface area contributed by atoms with Crippen LogP contribution in [0.4, 0.5) is 10.5 Å². The Kier molecular flexibility index (Phi) is 7.73. The van der Waals surface area contributed by atoms with Gasteiger partial charge in [-0.2, -0.15) is 0 Å². The Labute approximate surface area is 176 Å². The molecule has 0 atom stereocenters. The molecule has 5 nitrogen and oxygen atoms in total. The summed E-state index contributed by atoms with van der Waals surface area (Å²) in [5, 5.41) is 3.21. The van der Waals surface area contributed by atoms with E-state index in [-0.39, 0.29) is 12.0 Å². The number of hydrogen-bond donors (Lipinski definition) is 1. The molecule has 2 rings (SSSR count). The number of amides is 2. The van der Waals surface area contributed by atoms with Crippen molar-refractivity contribution in [2.75, 3.05) is 18.4 Å². The molecule has 0 radical (unpaired) electrons. The number of nitrogens with one attached hydrogen (secondary N) is 1. The van der Waals surface area contributed by atoms with Crippen molar-refractivity contribution in [3.63, 3.8) is 0 Å². The summed E-state index contributed by atoms with van der Waals surface area (Å²) in [7, 11) is 0. The van der Waals surface area contributed by atoms with Crippen LogP contribution in [0.1, 0.15) is 90.7 Å². The first-order valence-corrected chi connectivity index (χ1v) is 10.9. The lowest BCUT2D eigenvalue weighted by Crippen LogP contribution is -2.42. The summed E-state index contributed by atoms with van der Waals surface area (Å²) in [6, 6.07) is 6.28. The Morgan fingerprint density at radius 1 is 1.07 bits per heavy atom. The SMILES string of the molecule is CC(C)c1cccc(C(C)C)c1NC(=O)CC1CCN(C(=O)OC(C)(C)C)CC1. The fraction of sp³-hybridized carbons (Fsp3) is 0.667. The Bertz CT molecular complexity index is 685. The molecule has 1 aliphatic rings. The Balaban J connectivity index is 1.96. The van der Waals surface area contributed by atoms with Crippen molar-refractivity contribution < 1.29 is 14.3 Å². The summed E-state index contributed by atoms with van der Waals surface area (Å²) in [5.41, 5.74) is 2.87. The summed E-state index contributed by atoms with van der Waals surface area (Å²) < 4.78 is 5.45. The highest BCUT2D eigenvalue weighted by Gasteiger charge is 2.28. The molecule has 0 aliphatic carbocycles. The van der Waals surface area contributed by atoms with Gasteiger partial charge in [0.25, 0.3) is 0 Å². The number of benzene rings is 1. The van der Waals surface area contributed by atoms with E-state index in [4.69, 9.17) is 4.74 Å². The van der Waals surface area contributed by atoms with Crippen molar-refractivity contribution in [1.82, 2.24) is 4.90 Å². The minimum atomic E-state index is -0.480. The average Bonchev–Trinajstić information content (AvgIpc) is 2.60. The maximum absolute atomic E-state index is 12.8. The zero-order chi connectivity index (χ0) is 21.8. The van der Waals surface area contributed by atoms with Crippen LogP contribution in [-0.4, -0.2) is 35.6 Å². The molecule has 0 spiro atoms. The van der Waals surface area contributed by atoms with Gasteiger partial charge in [-0.1, -0.05) is 45.9 Å². The van der Waals surface area contributed by atoms with Crippen molar-refractivity contribution in [2.24, 2.45) is 5.92 Å². The van der Waals surface area contributed by atoms with Gasteiger partial charge in [-0.15, -0.1) is 0 Å². The van der Waals surface area contributed by atoms with Crippen LogP contribution in [0.15, 0.2) is 18.2 Å². The molecule has 1 fully saturated rings. The van der Waals surface area contributed by atoms with Crippen LogP contribution in [0.2, 0.25) is 0 Å². The second-order valence-corrected chi connectivity index (χ2v) is 9.78. The number of anilines is 1. The number of carbonyl (C=O) groups excluding carboxylic acids is 2. The maximum Gasteiger partial charge on any atom is 0.410 e. The number of likely N-dealkylation sites (tertiary alicyclic amines) is 1. The third kappa shape index (κ3) is 6.76. The van der Waals surface area contributed by atoms with Crippen molar-refractivity contribution in [3.05, 3.63) is 29.3 Å². The minimum absolute atomic E-state index is 0.0655. The van der Waals surface area contributed by atoms with Gasteiger partial charge in [0, 0.05) is 25.2 Å². The normalized spacial score (nSPS) is 15.7. The first-order chi connectivity index (χ1) is 13.5. The molecule has 1 aromatic rings. The Hall–Kier alpha value is -2.04. The van der Waals surface area contributed by atoms with Gasteiger partial charge in [-0.05, 0) is 62.5 Å². The van der Waals surface area contributed by atoms with E-state index in [2.05, 4.69) is 51.2 Å². The van der Waals surface area contributed by atoms with E-state index in [0.717, 1.165) is 18.5 Å². The standard InChI is InChI=1S/C24H38N2O3/c1-16(2)19-9-8-10-20(17(3)4)22(19)25-21(27)15-18-11-13-26(14-12-18)23(28)29-24(5,6)7/h8-10,16-18H,11-15H2,1-7H3,(H,25,27). The average molecular weight is 403 g/mol. The van der Waals surface area contributed by atoms with Crippen LogP contribution in [0.25, 0.3) is 0 Å². The van der Waals surface area contributed by atoms with Gasteiger partial charge in [-0.25, -0.2) is 4.79 Å². The quantitative estimate of drug-likeness (QED) is 0.666. The van der Waals surface area contributed by atoms with Crippen LogP contribution >= 0.6 is 0 Å². The number of para-hydroxylation sites is 1. The summed E-state index contributed by atoms with van der Waals surface area (Å²) >= 11 is 0. The molecule has 2 amide bonds. The number of ether oxygens (including phenoxy) is 1. The zero-order valence-corrected chi connectivity index (χ0v) is 19.2. The van der Waals surface area contributed by atoms with Crippen LogP contribution in [0, 0.1) is 5.92 Å². The molecule has 5 heteroatoms. The van der Waals surface area contributed by atoms with Crippen molar-refractivity contribution in [2.45, 2.75) is 85.2 Å². The van der Waals surface area contributed by atoms with Crippen molar-refractivity contribution in [3.8, 4) is 0 Å². The maximum atomic E-state index is 12.8. The molecule has 1 aliphatic heterocycles. The van der Waals surface area contributed by atoms with Crippen LogP contribution in [0.5, 0.6) is 0 Å². The lowest BCUT2D eigenvalue weighted by atomic mass is 9.91. The predicted molar refractivity (Wildman–Crippen MR) is 118 cm³/mol. The highest BCUT2D eigenvalue weighted by atomic mass is 16.6. The van der Waals surface area contributed by atoms with E-state index in [1.807, 2.05) is 20.8 Å². The van der Waals surface area contributed by atoms with Crippen molar-refractivity contribution in [1.29, 1.82) is 0 Å². The topological polar surface area (TPSA) is 58.6 Å². The molecule has 0 unspecified atom stereocenters. The lowest BCUT2D eigenvalue weighted by molar-refractivity contribution is -0.117. The molecule has 0 saturated carbocycles. The fourth-order valence-electron chi connectivity index (χ4n) is 3.79. The monoisotopic (exact) mass is 402 g/mol. The largest absolute Gasteiger partial charge is 0.444 e. The Morgan fingerprint density at radius 2 is 1.59 bits per heavy atom. The third-order valence-electron chi connectivity index (χ3n) is 5.38. The third-order valence-corrected chi connectivity index (χ3v) is 5.38. The number of piperidine rings is 1. The molecule has 162 valence electrons. The van der Waals surface area contributed by atoms with Crippen LogP contribution < -0.4 is 5.32 Å². The molecule has 0 aromatic heterocycles. The predicted octanol–water partition coefficient (Wildman–Crippen LogP) is 5.91. The molecule has 1 heterocycles. The summed E-state index contributed by atoms with van der Waals surface area (Å²) in [5.74, 6) is 1.06. The minimum Gasteiger partial charge on any atom is -0.444 e.